The van der Waals surface area contributed by atoms with Crippen molar-refractivity contribution < 1.29 is 15.0 Å². The monoisotopic (exact) mass is 952 g/mol. The highest BCUT2D eigenvalue weighted by atomic mass is 16.3. The molecule has 0 spiro atoms. The molecule has 0 radical (unpaired) electrons. The lowest BCUT2D eigenvalue weighted by Gasteiger charge is -2.19. The minimum atomic E-state index is -0.865. The number of hydrogen-bond acceptors (Lipinski definition) is 3. The maximum atomic E-state index is 12.5. The molecule has 0 aliphatic rings. The van der Waals surface area contributed by atoms with E-state index in [-0.39, 0.29) is 12.5 Å². The molecule has 4 nitrogen and oxygen atoms in total. The van der Waals surface area contributed by atoms with Crippen molar-refractivity contribution in [1.29, 1.82) is 0 Å². The lowest BCUT2D eigenvalue weighted by atomic mass is 10.0. The first-order chi connectivity index (χ1) is 33.7. The molecule has 0 fully saturated rings. The zero-order chi connectivity index (χ0) is 49.2. The molecular formula is C64H121NO3. The Morgan fingerprint density at radius 3 is 0.941 bits per heavy atom. The van der Waals surface area contributed by atoms with Gasteiger partial charge in [0.15, 0.2) is 0 Å². The molecule has 2 unspecified atom stereocenters. The van der Waals surface area contributed by atoms with Crippen LogP contribution in [-0.2, 0) is 4.79 Å². The van der Waals surface area contributed by atoms with Crippen LogP contribution in [0.4, 0.5) is 0 Å². The van der Waals surface area contributed by atoms with Gasteiger partial charge in [-0.15, -0.1) is 0 Å². The van der Waals surface area contributed by atoms with Gasteiger partial charge in [-0.1, -0.05) is 313 Å². The molecule has 0 aromatic carbocycles. The molecule has 1 amide bonds. The molecule has 0 aromatic rings. The van der Waals surface area contributed by atoms with E-state index in [4.69, 9.17) is 0 Å². The van der Waals surface area contributed by atoms with Crippen LogP contribution in [0.15, 0.2) is 48.6 Å². The van der Waals surface area contributed by atoms with Gasteiger partial charge in [-0.2, -0.15) is 0 Å². The van der Waals surface area contributed by atoms with Gasteiger partial charge in [-0.25, -0.2) is 0 Å². The number of rotatable bonds is 57. The summed E-state index contributed by atoms with van der Waals surface area (Å²) in [5, 5.41) is 23.2. The van der Waals surface area contributed by atoms with E-state index in [1.807, 2.05) is 6.08 Å². The minimum absolute atomic E-state index is 0.0710. The smallest absolute Gasteiger partial charge is 0.220 e. The quantitative estimate of drug-likeness (QED) is 0.0420. The number of allylic oxidation sites excluding steroid dienone is 7. The van der Waals surface area contributed by atoms with Crippen LogP contribution in [0, 0.1) is 0 Å². The van der Waals surface area contributed by atoms with Crippen molar-refractivity contribution in [1.82, 2.24) is 5.32 Å². The molecule has 0 aromatic heterocycles. The molecule has 4 heteroatoms. The SMILES string of the molecule is CCCCCCC/C=C\C/C=C\CCCCCCCCCCCCCCCC(=O)NC(CO)C(O)/C=C/CC/C=C/CCCCCCCCCCCCCCCCCCCCCCCCCCC. The van der Waals surface area contributed by atoms with Crippen LogP contribution in [0.1, 0.15) is 335 Å². The summed E-state index contributed by atoms with van der Waals surface area (Å²) in [6.07, 6.45) is 83.0. The second-order valence-corrected chi connectivity index (χ2v) is 21.1. The molecule has 400 valence electrons. The third-order valence-corrected chi connectivity index (χ3v) is 14.3. The van der Waals surface area contributed by atoms with Crippen molar-refractivity contribution in [2.45, 2.75) is 347 Å². The second kappa shape index (κ2) is 59.7. The summed E-state index contributed by atoms with van der Waals surface area (Å²) in [6, 6.07) is -0.642. The van der Waals surface area contributed by atoms with Gasteiger partial charge in [-0.3, -0.25) is 4.79 Å². The Balaban J connectivity index is 3.49. The molecule has 2 atom stereocenters. The van der Waals surface area contributed by atoms with Gasteiger partial charge >= 0.3 is 0 Å². The van der Waals surface area contributed by atoms with Crippen molar-refractivity contribution in [2.75, 3.05) is 6.61 Å². The average Bonchev–Trinajstić information content (AvgIpc) is 3.34. The Hall–Kier alpha value is -1.65. The summed E-state index contributed by atoms with van der Waals surface area (Å²) >= 11 is 0. The summed E-state index contributed by atoms with van der Waals surface area (Å²) in [5.74, 6) is -0.0710. The third-order valence-electron chi connectivity index (χ3n) is 14.3. The standard InChI is InChI=1S/C64H121NO3/c1-3-5-7-9-11-13-15-17-19-21-23-25-27-29-30-31-32-33-34-36-37-39-41-43-45-47-49-51-53-55-57-59-63(67)62(61-66)65-64(68)60-58-56-54-52-50-48-46-44-42-40-38-35-28-26-24-22-20-18-16-14-12-10-8-6-4-2/h16,18,22,24,49,51,57,59,62-63,66-67H,3-15,17,19-21,23,25-48,50,52-56,58,60-61H2,1-2H3,(H,65,68)/b18-16-,24-22-,51-49+,59-57+. The van der Waals surface area contributed by atoms with E-state index in [1.54, 1.807) is 6.08 Å². The molecule has 0 aliphatic heterocycles. The molecule has 68 heavy (non-hydrogen) atoms. The summed E-state index contributed by atoms with van der Waals surface area (Å²) in [5.41, 5.74) is 0. The largest absolute Gasteiger partial charge is 0.394 e. The Kier molecular flexibility index (Phi) is 58.2. The van der Waals surface area contributed by atoms with Gasteiger partial charge < -0.3 is 15.5 Å². The zero-order valence-electron chi connectivity index (χ0n) is 46.1. The number of carbonyl (C=O) groups is 1. The van der Waals surface area contributed by atoms with E-state index >= 15 is 0 Å². The number of hydrogen-bond donors (Lipinski definition) is 3. The van der Waals surface area contributed by atoms with Gasteiger partial charge in [-0.05, 0) is 64.2 Å². The predicted molar refractivity (Wildman–Crippen MR) is 304 cm³/mol. The first-order valence-electron chi connectivity index (χ1n) is 30.9. The Labute approximate surface area is 426 Å². The van der Waals surface area contributed by atoms with Crippen LogP contribution in [0.3, 0.4) is 0 Å². The van der Waals surface area contributed by atoms with Crippen molar-refractivity contribution in [3.05, 3.63) is 48.6 Å². The van der Waals surface area contributed by atoms with E-state index in [0.29, 0.717) is 6.42 Å². The van der Waals surface area contributed by atoms with Crippen molar-refractivity contribution >= 4 is 5.91 Å². The zero-order valence-corrected chi connectivity index (χ0v) is 46.1. The first kappa shape index (κ1) is 66.3. The highest BCUT2D eigenvalue weighted by Gasteiger charge is 2.18. The van der Waals surface area contributed by atoms with Crippen LogP contribution >= 0.6 is 0 Å². The van der Waals surface area contributed by atoms with E-state index in [9.17, 15) is 15.0 Å². The molecule has 0 bridgehead atoms. The summed E-state index contributed by atoms with van der Waals surface area (Å²) in [6.45, 7) is 4.32. The van der Waals surface area contributed by atoms with Crippen molar-refractivity contribution in [3.8, 4) is 0 Å². The predicted octanol–water partition coefficient (Wildman–Crippen LogP) is 20.6. The fraction of sp³-hybridized carbons (Fsp3) is 0.859. The third kappa shape index (κ3) is 55.3. The lowest BCUT2D eigenvalue weighted by molar-refractivity contribution is -0.123. The first-order valence-corrected chi connectivity index (χ1v) is 30.9. The highest BCUT2D eigenvalue weighted by molar-refractivity contribution is 5.76. The number of aliphatic hydroxyl groups is 2. The molecule has 0 aliphatic carbocycles. The lowest BCUT2D eigenvalue weighted by Crippen LogP contribution is -2.45. The second-order valence-electron chi connectivity index (χ2n) is 21.1. The van der Waals surface area contributed by atoms with Gasteiger partial charge in [0.1, 0.15) is 0 Å². The Morgan fingerprint density at radius 2 is 0.618 bits per heavy atom. The number of carbonyl (C=O) groups excluding carboxylic acids is 1. The summed E-state index contributed by atoms with van der Waals surface area (Å²) < 4.78 is 0. The Bertz CT molecular complexity index is 1080. The van der Waals surface area contributed by atoms with Crippen LogP contribution < -0.4 is 5.32 Å². The van der Waals surface area contributed by atoms with Crippen molar-refractivity contribution in [2.24, 2.45) is 0 Å². The molecular weight excluding hydrogens is 831 g/mol. The van der Waals surface area contributed by atoms with Crippen LogP contribution in [0.5, 0.6) is 0 Å². The fourth-order valence-electron chi connectivity index (χ4n) is 9.58. The van der Waals surface area contributed by atoms with Crippen LogP contribution in [-0.4, -0.2) is 34.9 Å². The summed E-state index contributed by atoms with van der Waals surface area (Å²) in [7, 11) is 0. The van der Waals surface area contributed by atoms with Crippen LogP contribution in [0.2, 0.25) is 0 Å². The van der Waals surface area contributed by atoms with Gasteiger partial charge in [0.2, 0.25) is 5.91 Å². The van der Waals surface area contributed by atoms with Gasteiger partial charge in [0, 0.05) is 6.42 Å². The fourth-order valence-corrected chi connectivity index (χ4v) is 9.58. The maximum Gasteiger partial charge on any atom is 0.220 e. The van der Waals surface area contributed by atoms with Gasteiger partial charge in [0.05, 0.1) is 18.8 Å². The Morgan fingerprint density at radius 1 is 0.353 bits per heavy atom. The topological polar surface area (TPSA) is 69.6 Å². The molecule has 3 N–H and O–H groups in total. The number of nitrogens with one attached hydrogen (secondary N) is 1. The van der Waals surface area contributed by atoms with E-state index in [0.717, 1.165) is 38.5 Å². The highest BCUT2D eigenvalue weighted by Crippen LogP contribution is 2.18. The molecule has 0 heterocycles. The molecule has 0 saturated carbocycles. The van der Waals surface area contributed by atoms with Crippen molar-refractivity contribution in [3.63, 3.8) is 0 Å². The minimum Gasteiger partial charge on any atom is -0.394 e. The van der Waals surface area contributed by atoms with Gasteiger partial charge in [0.25, 0.3) is 0 Å². The number of amides is 1. The number of aliphatic hydroxyl groups excluding tert-OH is 2. The van der Waals surface area contributed by atoms with E-state index in [1.165, 1.54) is 276 Å². The molecule has 0 rings (SSSR count). The normalized spacial score (nSPS) is 13.1. The molecule has 0 saturated heterocycles. The van der Waals surface area contributed by atoms with E-state index in [2.05, 4.69) is 55.6 Å². The van der Waals surface area contributed by atoms with Crippen LogP contribution in [0.25, 0.3) is 0 Å². The average molecular weight is 953 g/mol. The summed E-state index contributed by atoms with van der Waals surface area (Å²) in [4.78, 5) is 12.5. The number of unbranched alkanes of at least 4 members (excludes halogenated alkanes) is 44. The maximum absolute atomic E-state index is 12.5. The van der Waals surface area contributed by atoms with E-state index < -0.39 is 12.1 Å².